The Bertz CT molecular complexity index is 1150. The number of amides is 1. The van der Waals surface area contributed by atoms with Crippen LogP contribution >= 0.6 is 0 Å². The van der Waals surface area contributed by atoms with Crippen molar-refractivity contribution in [2.75, 3.05) is 11.6 Å². The van der Waals surface area contributed by atoms with Gasteiger partial charge >= 0.3 is 0 Å². The Kier molecular flexibility index (Phi) is 5.35. The van der Waals surface area contributed by atoms with E-state index < -0.39 is 18.0 Å². The van der Waals surface area contributed by atoms with E-state index in [0.717, 1.165) is 10.1 Å². The van der Waals surface area contributed by atoms with Gasteiger partial charge in [0.15, 0.2) is 0 Å². The van der Waals surface area contributed by atoms with Crippen molar-refractivity contribution < 1.29 is 15.0 Å². The SMILES string of the molecule is CC1=NN(c2ccc(C)cc2)C(=O)/C1=C\c1c(C)c(C#N)c(=O)n(CCO)c1O. The van der Waals surface area contributed by atoms with Crippen LogP contribution in [0.25, 0.3) is 6.08 Å². The number of pyridine rings is 1. The van der Waals surface area contributed by atoms with E-state index in [0.29, 0.717) is 11.4 Å². The fourth-order valence-corrected chi connectivity index (χ4v) is 3.14. The molecule has 0 aliphatic carbocycles. The van der Waals surface area contributed by atoms with Crippen molar-refractivity contribution in [3.05, 3.63) is 62.4 Å². The Morgan fingerprint density at radius 3 is 2.41 bits per heavy atom. The van der Waals surface area contributed by atoms with Gasteiger partial charge in [0.1, 0.15) is 11.6 Å². The number of benzene rings is 1. The molecule has 1 aliphatic rings. The number of hydrogen-bond acceptors (Lipinski definition) is 6. The van der Waals surface area contributed by atoms with Gasteiger partial charge in [-0.05, 0) is 44.5 Å². The van der Waals surface area contributed by atoms with Crippen LogP contribution in [0.1, 0.15) is 29.2 Å². The molecule has 2 heterocycles. The summed E-state index contributed by atoms with van der Waals surface area (Å²) >= 11 is 0. The first-order valence-corrected chi connectivity index (χ1v) is 8.95. The monoisotopic (exact) mass is 392 g/mol. The average Bonchev–Trinajstić information content (AvgIpc) is 2.97. The maximum atomic E-state index is 12.9. The second-order valence-electron chi connectivity index (χ2n) is 6.73. The number of aromatic nitrogens is 1. The summed E-state index contributed by atoms with van der Waals surface area (Å²) < 4.78 is 0.918. The zero-order valence-electron chi connectivity index (χ0n) is 16.3. The summed E-state index contributed by atoms with van der Waals surface area (Å²) in [4.78, 5) is 25.3. The van der Waals surface area contributed by atoms with Crippen molar-refractivity contribution in [3.8, 4) is 11.9 Å². The minimum Gasteiger partial charge on any atom is -0.494 e. The van der Waals surface area contributed by atoms with Gasteiger partial charge in [-0.25, -0.2) is 0 Å². The molecule has 2 N–H and O–H groups in total. The fraction of sp³-hybridized carbons (Fsp3) is 0.238. The van der Waals surface area contributed by atoms with Crippen molar-refractivity contribution >= 4 is 23.4 Å². The third-order valence-electron chi connectivity index (χ3n) is 4.80. The van der Waals surface area contributed by atoms with E-state index in [1.165, 1.54) is 18.0 Å². The molecule has 1 amide bonds. The van der Waals surface area contributed by atoms with Gasteiger partial charge in [0.25, 0.3) is 11.5 Å². The number of nitriles is 1. The molecule has 148 valence electrons. The van der Waals surface area contributed by atoms with Crippen LogP contribution in [0.2, 0.25) is 0 Å². The lowest BCUT2D eigenvalue weighted by Crippen LogP contribution is -2.26. The van der Waals surface area contributed by atoms with Gasteiger partial charge in [0, 0.05) is 5.56 Å². The largest absolute Gasteiger partial charge is 0.494 e. The Hall–Kier alpha value is -3.70. The highest BCUT2D eigenvalue weighted by Gasteiger charge is 2.30. The first kappa shape index (κ1) is 20.0. The van der Waals surface area contributed by atoms with E-state index in [1.807, 2.05) is 25.1 Å². The molecule has 3 rings (SSSR count). The quantitative estimate of drug-likeness (QED) is 0.770. The van der Waals surface area contributed by atoms with Gasteiger partial charge in [-0.1, -0.05) is 17.7 Å². The van der Waals surface area contributed by atoms with E-state index >= 15 is 0 Å². The van der Waals surface area contributed by atoms with Crippen molar-refractivity contribution in [1.82, 2.24) is 4.57 Å². The summed E-state index contributed by atoms with van der Waals surface area (Å²) in [7, 11) is 0. The standard InChI is InChI=1S/C21H20N4O4/c1-12-4-6-15(7-5-12)25-21(29)17(14(3)23-25)10-16-13(2)18(11-22)20(28)24(8-9-26)19(16)27/h4-7,10,26-27H,8-9H2,1-3H3/b17-10-. The number of aliphatic hydroxyl groups is 1. The zero-order chi connectivity index (χ0) is 21.3. The van der Waals surface area contributed by atoms with Crippen LogP contribution in [0, 0.1) is 25.2 Å². The zero-order valence-corrected chi connectivity index (χ0v) is 16.3. The molecule has 8 nitrogen and oxygen atoms in total. The van der Waals surface area contributed by atoms with Gasteiger partial charge in [-0.2, -0.15) is 15.4 Å². The molecule has 0 radical (unpaired) electrons. The number of anilines is 1. The number of carbonyl (C=O) groups is 1. The number of nitrogens with zero attached hydrogens (tertiary/aromatic N) is 4. The molecule has 0 bridgehead atoms. The predicted octanol–water partition coefficient (Wildman–Crippen LogP) is 1.84. The number of aromatic hydroxyl groups is 1. The predicted molar refractivity (Wildman–Crippen MR) is 109 cm³/mol. The second-order valence-corrected chi connectivity index (χ2v) is 6.73. The summed E-state index contributed by atoms with van der Waals surface area (Å²) in [6, 6.07) is 9.14. The topological polar surface area (TPSA) is 119 Å². The number of rotatable bonds is 4. The van der Waals surface area contributed by atoms with Crippen LogP contribution in [0.5, 0.6) is 5.88 Å². The first-order chi connectivity index (χ1) is 13.8. The highest BCUT2D eigenvalue weighted by molar-refractivity contribution is 6.32. The van der Waals surface area contributed by atoms with Crippen LogP contribution in [-0.4, -0.2) is 33.0 Å². The lowest BCUT2D eigenvalue weighted by Gasteiger charge is -2.14. The van der Waals surface area contributed by atoms with E-state index in [1.54, 1.807) is 19.1 Å². The third kappa shape index (κ3) is 3.44. The summed E-state index contributed by atoms with van der Waals surface area (Å²) in [6.07, 6.45) is 1.42. The molecule has 0 spiro atoms. The van der Waals surface area contributed by atoms with Crippen LogP contribution in [0.3, 0.4) is 0 Å². The van der Waals surface area contributed by atoms with Crippen molar-refractivity contribution in [2.24, 2.45) is 5.10 Å². The smallest absolute Gasteiger partial charge is 0.280 e. The van der Waals surface area contributed by atoms with Crippen LogP contribution in [0.15, 0.2) is 39.7 Å². The highest BCUT2D eigenvalue weighted by Crippen LogP contribution is 2.29. The van der Waals surface area contributed by atoms with Crippen LogP contribution in [-0.2, 0) is 11.3 Å². The molecule has 0 saturated heterocycles. The number of aryl methyl sites for hydroxylation is 1. The van der Waals surface area contributed by atoms with Gasteiger partial charge < -0.3 is 10.2 Å². The molecular weight excluding hydrogens is 372 g/mol. The number of hydrogen-bond donors (Lipinski definition) is 2. The molecule has 0 fully saturated rings. The molecule has 1 aromatic heterocycles. The average molecular weight is 392 g/mol. The summed E-state index contributed by atoms with van der Waals surface area (Å²) in [6.45, 7) is 4.57. The van der Waals surface area contributed by atoms with Crippen molar-refractivity contribution in [2.45, 2.75) is 27.3 Å². The summed E-state index contributed by atoms with van der Waals surface area (Å²) in [5.74, 6) is -0.800. The van der Waals surface area contributed by atoms with Gasteiger partial charge in [-0.15, -0.1) is 0 Å². The molecule has 2 aromatic rings. The number of carbonyl (C=O) groups excluding carboxylic acids is 1. The fourth-order valence-electron chi connectivity index (χ4n) is 3.14. The van der Waals surface area contributed by atoms with Gasteiger partial charge in [0.2, 0.25) is 5.88 Å². The molecule has 1 aliphatic heterocycles. The summed E-state index contributed by atoms with van der Waals surface area (Å²) in [5, 5.41) is 34.7. The van der Waals surface area contributed by atoms with Crippen molar-refractivity contribution in [1.29, 1.82) is 5.26 Å². The Balaban J connectivity index is 2.13. The molecule has 1 aromatic carbocycles. The Morgan fingerprint density at radius 1 is 1.17 bits per heavy atom. The molecule has 0 atom stereocenters. The first-order valence-electron chi connectivity index (χ1n) is 8.95. The molecule has 8 heteroatoms. The lowest BCUT2D eigenvalue weighted by molar-refractivity contribution is -0.114. The molecule has 0 unspecified atom stereocenters. The minimum atomic E-state index is -0.692. The van der Waals surface area contributed by atoms with E-state index in [2.05, 4.69) is 5.10 Å². The third-order valence-corrected chi connectivity index (χ3v) is 4.80. The minimum absolute atomic E-state index is 0.154. The van der Waals surface area contributed by atoms with Crippen LogP contribution < -0.4 is 10.6 Å². The van der Waals surface area contributed by atoms with Crippen molar-refractivity contribution in [3.63, 3.8) is 0 Å². The lowest BCUT2D eigenvalue weighted by atomic mass is 10.0. The maximum Gasteiger partial charge on any atom is 0.280 e. The number of aliphatic hydroxyl groups excluding tert-OH is 1. The van der Waals surface area contributed by atoms with Gasteiger partial charge in [-0.3, -0.25) is 14.2 Å². The van der Waals surface area contributed by atoms with Gasteiger partial charge in [0.05, 0.1) is 30.1 Å². The van der Waals surface area contributed by atoms with Crippen LogP contribution in [0.4, 0.5) is 5.69 Å². The van der Waals surface area contributed by atoms with E-state index in [9.17, 15) is 25.1 Å². The second kappa shape index (κ2) is 7.73. The molecule has 29 heavy (non-hydrogen) atoms. The number of hydrazone groups is 1. The molecule has 0 saturated carbocycles. The maximum absolute atomic E-state index is 12.9. The normalized spacial score (nSPS) is 15.0. The molecular formula is C21H20N4O4. The van der Waals surface area contributed by atoms with E-state index in [4.69, 9.17) is 0 Å². The van der Waals surface area contributed by atoms with E-state index in [-0.39, 0.29) is 34.7 Å². The Labute approximate surface area is 167 Å². The highest BCUT2D eigenvalue weighted by atomic mass is 16.3. The Morgan fingerprint density at radius 2 is 1.83 bits per heavy atom. The summed E-state index contributed by atoms with van der Waals surface area (Å²) in [5.41, 5.74) is 1.90.